The van der Waals surface area contributed by atoms with Gasteiger partial charge in [-0.3, -0.25) is 14.5 Å². The van der Waals surface area contributed by atoms with Gasteiger partial charge in [0.05, 0.1) is 46.9 Å². The molecule has 0 fully saturated rings. The summed E-state index contributed by atoms with van der Waals surface area (Å²) >= 11 is 0. The molecule has 1 aromatic carbocycles. The zero-order chi connectivity index (χ0) is 21.8. The van der Waals surface area contributed by atoms with E-state index in [1.807, 2.05) is 37.5 Å². The number of carbonyl (C=O) groups excluding carboxylic acids is 1. The van der Waals surface area contributed by atoms with Crippen molar-refractivity contribution in [3.8, 4) is 11.3 Å². The summed E-state index contributed by atoms with van der Waals surface area (Å²) in [4.78, 5) is 18.6. The highest BCUT2D eigenvalue weighted by Crippen LogP contribution is 2.33. The summed E-state index contributed by atoms with van der Waals surface area (Å²) in [6, 6.07) is 11.2. The predicted octanol–water partition coefficient (Wildman–Crippen LogP) is 2.81. The Labute approximate surface area is 179 Å². The lowest BCUT2D eigenvalue weighted by molar-refractivity contribution is 0.0762. The van der Waals surface area contributed by atoms with E-state index in [0.717, 1.165) is 27.7 Å². The van der Waals surface area contributed by atoms with Gasteiger partial charge in [-0.25, -0.2) is 0 Å². The highest BCUT2D eigenvalue weighted by atomic mass is 16.3. The molecule has 4 aromatic rings. The number of amides is 1. The standard InChI is InChI=1S/C23H22N6O2/c1-23(2,31)18-8-7-15(17-12-28(3)27-21(17)18)19-9-6-14(25-26-19)11-29-13-20-16(22(29)30)5-4-10-24-20/h4-10,12,31H,11,13H2,1-3H3. The van der Waals surface area contributed by atoms with E-state index in [9.17, 15) is 9.90 Å². The van der Waals surface area contributed by atoms with E-state index in [1.165, 1.54) is 0 Å². The van der Waals surface area contributed by atoms with Gasteiger partial charge in [-0.2, -0.15) is 15.3 Å². The Morgan fingerprint density at radius 2 is 1.94 bits per heavy atom. The van der Waals surface area contributed by atoms with Crippen LogP contribution in [0.2, 0.25) is 0 Å². The van der Waals surface area contributed by atoms with Crippen molar-refractivity contribution in [2.24, 2.45) is 7.05 Å². The highest BCUT2D eigenvalue weighted by Gasteiger charge is 2.28. The number of nitrogens with zero attached hydrogens (tertiary/aromatic N) is 6. The Kier molecular flexibility index (Phi) is 4.33. The molecule has 1 amide bonds. The largest absolute Gasteiger partial charge is 0.386 e. The number of carbonyl (C=O) groups is 1. The first-order chi connectivity index (χ1) is 14.8. The second-order valence-electron chi connectivity index (χ2n) is 8.35. The number of hydrogen-bond donors (Lipinski definition) is 1. The lowest BCUT2D eigenvalue weighted by Crippen LogP contribution is -2.24. The summed E-state index contributed by atoms with van der Waals surface area (Å²) < 4.78 is 1.73. The smallest absolute Gasteiger partial charge is 0.256 e. The van der Waals surface area contributed by atoms with Gasteiger partial charge in [0, 0.05) is 36.0 Å². The number of rotatable bonds is 4. The van der Waals surface area contributed by atoms with Gasteiger partial charge >= 0.3 is 0 Å². The predicted molar refractivity (Wildman–Crippen MR) is 115 cm³/mol. The van der Waals surface area contributed by atoms with Crippen molar-refractivity contribution in [3.05, 3.63) is 71.3 Å². The minimum atomic E-state index is -1.00. The molecule has 8 heteroatoms. The quantitative estimate of drug-likeness (QED) is 0.552. The lowest BCUT2D eigenvalue weighted by Gasteiger charge is -2.19. The molecule has 1 aliphatic rings. The Morgan fingerprint density at radius 3 is 2.65 bits per heavy atom. The summed E-state index contributed by atoms with van der Waals surface area (Å²) in [6.45, 7) is 4.35. The fourth-order valence-electron chi connectivity index (χ4n) is 4.03. The summed E-state index contributed by atoms with van der Waals surface area (Å²) in [5.41, 5.74) is 4.26. The number of pyridine rings is 1. The number of benzene rings is 1. The number of aliphatic hydroxyl groups is 1. The molecule has 0 saturated carbocycles. The number of aryl methyl sites for hydroxylation is 1. The first-order valence-corrected chi connectivity index (χ1v) is 10.1. The maximum Gasteiger partial charge on any atom is 0.256 e. The molecule has 5 rings (SSSR count). The van der Waals surface area contributed by atoms with Crippen LogP contribution in [0.3, 0.4) is 0 Å². The monoisotopic (exact) mass is 414 g/mol. The second-order valence-corrected chi connectivity index (χ2v) is 8.35. The van der Waals surface area contributed by atoms with Crippen LogP contribution in [0.5, 0.6) is 0 Å². The third-order valence-electron chi connectivity index (χ3n) is 5.55. The lowest BCUT2D eigenvalue weighted by atomic mass is 9.93. The van der Waals surface area contributed by atoms with Crippen molar-refractivity contribution in [1.82, 2.24) is 29.9 Å². The Morgan fingerprint density at radius 1 is 1.10 bits per heavy atom. The molecule has 3 aromatic heterocycles. The maximum atomic E-state index is 12.6. The van der Waals surface area contributed by atoms with Crippen LogP contribution in [0.25, 0.3) is 22.2 Å². The van der Waals surface area contributed by atoms with Crippen LogP contribution < -0.4 is 0 Å². The molecule has 0 saturated heterocycles. The summed E-state index contributed by atoms with van der Waals surface area (Å²) in [5, 5.41) is 24.7. The minimum absolute atomic E-state index is 0.0340. The van der Waals surface area contributed by atoms with Gasteiger partial charge in [0.2, 0.25) is 0 Å². The third-order valence-corrected chi connectivity index (χ3v) is 5.55. The zero-order valence-corrected chi connectivity index (χ0v) is 17.6. The molecule has 1 aliphatic heterocycles. The van der Waals surface area contributed by atoms with Gasteiger partial charge < -0.3 is 10.0 Å². The van der Waals surface area contributed by atoms with Gasteiger partial charge in [0.1, 0.15) is 0 Å². The molecule has 0 radical (unpaired) electrons. The van der Waals surface area contributed by atoms with E-state index < -0.39 is 5.60 Å². The molecule has 0 unspecified atom stereocenters. The van der Waals surface area contributed by atoms with E-state index in [1.54, 1.807) is 41.8 Å². The molecule has 1 N–H and O–H groups in total. The molecule has 0 aliphatic carbocycles. The summed E-state index contributed by atoms with van der Waals surface area (Å²) in [5.74, 6) is -0.0340. The van der Waals surface area contributed by atoms with Crippen molar-refractivity contribution < 1.29 is 9.90 Å². The van der Waals surface area contributed by atoms with Gasteiger partial charge in [0.25, 0.3) is 5.91 Å². The number of hydrogen-bond acceptors (Lipinski definition) is 6. The van der Waals surface area contributed by atoms with E-state index in [2.05, 4.69) is 20.3 Å². The summed E-state index contributed by atoms with van der Waals surface area (Å²) in [6.07, 6.45) is 3.62. The van der Waals surface area contributed by atoms with E-state index in [-0.39, 0.29) is 5.91 Å². The Hall–Kier alpha value is -3.65. The van der Waals surface area contributed by atoms with Crippen molar-refractivity contribution in [2.45, 2.75) is 32.5 Å². The number of fused-ring (bicyclic) bond motifs is 2. The van der Waals surface area contributed by atoms with Crippen molar-refractivity contribution >= 4 is 16.8 Å². The van der Waals surface area contributed by atoms with Crippen LogP contribution >= 0.6 is 0 Å². The molecule has 0 spiro atoms. The van der Waals surface area contributed by atoms with Gasteiger partial charge in [-0.05, 0) is 38.1 Å². The molecular formula is C23H22N6O2. The highest BCUT2D eigenvalue weighted by molar-refractivity contribution is 5.97. The molecule has 4 heterocycles. The zero-order valence-electron chi connectivity index (χ0n) is 17.6. The van der Waals surface area contributed by atoms with E-state index in [0.29, 0.717) is 30.0 Å². The van der Waals surface area contributed by atoms with Crippen LogP contribution in [0.15, 0.2) is 48.8 Å². The Bertz CT molecular complexity index is 1300. The topological polar surface area (TPSA) is 97.0 Å². The molecular weight excluding hydrogens is 392 g/mol. The minimum Gasteiger partial charge on any atom is -0.386 e. The number of aromatic nitrogens is 5. The van der Waals surface area contributed by atoms with E-state index in [4.69, 9.17) is 0 Å². The normalized spacial score (nSPS) is 13.8. The summed E-state index contributed by atoms with van der Waals surface area (Å²) in [7, 11) is 1.85. The van der Waals surface area contributed by atoms with E-state index >= 15 is 0 Å². The first-order valence-electron chi connectivity index (χ1n) is 10.1. The molecule has 156 valence electrons. The van der Waals surface area contributed by atoms with Crippen molar-refractivity contribution in [2.75, 3.05) is 0 Å². The second kappa shape index (κ2) is 6.95. The van der Waals surface area contributed by atoms with Crippen LogP contribution in [-0.4, -0.2) is 40.9 Å². The van der Waals surface area contributed by atoms with Crippen molar-refractivity contribution in [1.29, 1.82) is 0 Å². The fourth-order valence-corrected chi connectivity index (χ4v) is 4.03. The van der Waals surface area contributed by atoms with Gasteiger partial charge in [-0.1, -0.05) is 12.1 Å². The Balaban J connectivity index is 1.44. The van der Waals surface area contributed by atoms with Crippen LogP contribution in [0.1, 0.15) is 41.2 Å². The maximum absolute atomic E-state index is 12.6. The average molecular weight is 414 g/mol. The third kappa shape index (κ3) is 3.34. The van der Waals surface area contributed by atoms with Crippen LogP contribution in [0.4, 0.5) is 0 Å². The van der Waals surface area contributed by atoms with Crippen LogP contribution in [-0.2, 0) is 25.7 Å². The van der Waals surface area contributed by atoms with Crippen LogP contribution in [0, 0.1) is 0 Å². The first kappa shape index (κ1) is 19.3. The fraction of sp³-hybridized carbons (Fsp3) is 0.261. The van der Waals surface area contributed by atoms with Crippen molar-refractivity contribution in [3.63, 3.8) is 0 Å². The molecule has 0 bridgehead atoms. The van der Waals surface area contributed by atoms with Gasteiger partial charge in [0.15, 0.2) is 0 Å². The van der Waals surface area contributed by atoms with Gasteiger partial charge in [-0.15, -0.1) is 0 Å². The molecule has 31 heavy (non-hydrogen) atoms. The molecule has 8 nitrogen and oxygen atoms in total. The average Bonchev–Trinajstić information content (AvgIpc) is 3.27. The SMILES string of the molecule is Cn1cc2c(-c3ccc(CN4Cc5ncccc5C4=O)nn3)ccc(C(C)(C)O)c2n1. The molecule has 0 atom stereocenters.